The normalized spacial score (nSPS) is 18.8. The molecular weight excluding hydrogens is 767 g/mol. The van der Waals surface area contributed by atoms with E-state index in [-0.39, 0.29) is 7.25 Å². The van der Waals surface area contributed by atoms with Crippen molar-refractivity contribution in [2.24, 2.45) is 11.8 Å². The van der Waals surface area contributed by atoms with Gasteiger partial charge >= 0.3 is 322 Å². The van der Waals surface area contributed by atoms with Gasteiger partial charge in [-0.3, -0.25) is 0 Å². The van der Waals surface area contributed by atoms with Gasteiger partial charge < -0.3 is 0 Å². The van der Waals surface area contributed by atoms with Gasteiger partial charge in [-0.05, 0) is 0 Å². The number of hydrogen-bond acceptors (Lipinski definition) is 0. The van der Waals surface area contributed by atoms with Crippen molar-refractivity contribution < 1.29 is 15.6 Å². The van der Waals surface area contributed by atoms with Crippen molar-refractivity contribution >= 4 is 56.6 Å². The molecule has 8 rings (SSSR count). The summed E-state index contributed by atoms with van der Waals surface area (Å²) >= 11 is -5.01. The molecule has 0 radical (unpaired) electrons. The molecule has 0 aliphatic heterocycles. The quantitative estimate of drug-likeness (QED) is 0.128. The standard InChI is InChI=1S/2C23H21.C2H7Si.2ClH.Zr/c2*1-3-16(2)19-14-18-10-7-13-22(23(18)15-19)21-12-6-9-17-8-4-5-11-20(17)21;1-3-2;;;/h2*4-16H,3H2,1-2H3;3H,1-2H3;2*1H;/q;;;;;+2/p-2. The molecule has 4 unspecified atom stereocenters. The predicted octanol–water partition coefficient (Wildman–Crippen LogP) is 15.0. The molecule has 4 atom stereocenters. The van der Waals surface area contributed by atoms with Gasteiger partial charge in [0.25, 0.3) is 0 Å². The van der Waals surface area contributed by atoms with Gasteiger partial charge in [-0.25, -0.2) is 0 Å². The van der Waals surface area contributed by atoms with Crippen molar-refractivity contribution in [1.82, 2.24) is 0 Å². The van der Waals surface area contributed by atoms with E-state index in [2.05, 4.69) is 174 Å². The second kappa shape index (κ2) is 13.7. The van der Waals surface area contributed by atoms with Crippen LogP contribution in [0.2, 0.25) is 13.1 Å². The maximum atomic E-state index is 8.93. The SMILES string of the molecule is CCC(C)C1=Cc2c(-c3cccc4ccccc34)cccc2[CH]1[Zr]([Cl])([Cl])([CH]1C(C(C)CC)=Cc2c(-c3cccc4ccccc34)cccc21)[SiH](C)C. The van der Waals surface area contributed by atoms with E-state index in [4.69, 9.17) is 17.0 Å². The maximum absolute atomic E-state index is 8.93. The molecule has 0 amide bonds. The van der Waals surface area contributed by atoms with Crippen LogP contribution in [0.1, 0.15) is 70.0 Å². The van der Waals surface area contributed by atoms with Crippen LogP contribution in [0, 0.1) is 11.8 Å². The fourth-order valence-electron chi connectivity index (χ4n) is 9.63. The Balaban J connectivity index is 1.39. The topological polar surface area (TPSA) is 0 Å². The van der Waals surface area contributed by atoms with Crippen LogP contribution in [0.5, 0.6) is 0 Å². The second-order valence-electron chi connectivity index (χ2n) is 15.8. The zero-order chi connectivity index (χ0) is 36.4. The van der Waals surface area contributed by atoms with Gasteiger partial charge in [0.05, 0.1) is 0 Å². The zero-order valence-electron chi connectivity index (χ0n) is 31.3. The Hall–Kier alpha value is -3.00. The van der Waals surface area contributed by atoms with Crippen LogP contribution in [0.15, 0.2) is 132 Å². The number of allylic oxidation sites excluding steroid dienone is 2. The molecule has 4 heteroatoms. The second-order valence-corrected chi connectivity index (χ2v) is 58.3. The van der Waals surface area contributed by atoms with E-state index >= 15 is 0 Å². The average molecular weight is 816 g/mol. The van der Waals surface area contributed by atoms with E-state index in [1.165, 1.54) is 77.2 Å². The Morgan fingerprint density at radius 3 is 1.29 bits per heavy atom. The molecule has 0 N–H and O–H groups in total. The van der Waals surface area contributed by atoms with Gasteiger partial charge in [0.15, 0.2) is 0 Å². The van der Waals surface area contributed by atoms with Crippen LogP contribution in [0.4, 0.5) is 0 Å². The van der Waals surface area contributed by atoms with E-state index in [0.29, 0.717) is 11.8 Å². The first-order chi connectivity index (χ1) is 25.1. The van der Waals surface area contributed by atoms with Crippen LogP contribution in [0.3, 0.4) is 0 Å². The van der Waals surface area contributed by atoms with Gasteiger partial charge in [-0.15, -0.1) is 0 Å². The molecule has 263 valence electrons. The number of rotatable bonds is 9. The number of hydrogen-bond donors (Lipinski definition) is 0. The molecule has 0 spiro atoms. The van der Waals surface area contributed by atoms with Gasteiger partial charge in [-0.1, -0.05) is 0 Å². The first-order valence-electron chi connectivity index (χ1n) is 19.3. The summed E-state index contributed by atoms with van der Waals surface area (Å²) < 4.78 is 0.113. The van der Waals surface area contributed by atoms with Gasteiger partial charge in [-0.2, -0.15) is 0 Å². The van der Waals surface area contributed by atoms with E-state index in [1.807, 2.05) is 0 Å². The zero-order valence-corrected chi connectivity index (χ0v) is 36.4. The summed E-state index contributed by atoms with van der Waals surface area (Å²) in [7, 11) is 17.9. The molecule has 6 aromatic carbocycles. The summed E-state index contributed by atoms with van der Waals surface area (Å²) in [5, 5.41) is 5.10. The third-order valence-electron chi connectivity index (χ3n) is 12.9. The van der Waals surface area contributed by atoms with E-state index in [1.54, 1.807) is 0 Å². The average Bonchev–Trinajstić information content (AvgIpc) is 3.78. The minimum atomic E-state index is -5.01. The molecule has 0 bridgehead atoms. The van der Waals surface area contributed by atoms with Crippen molar-refractivity contribution in [3.63, 3.8) is 0 Å². The summed E-state index contributed by atoms with van der Waals surface area (Å²) in [4.78, 5) is 0. The van der Waals surface area contributed by atoms with Gasteiger partial charge in [0, 0.05) is 0 Å². The summed E-state index contributed by atoms with van der Waals surface area (Å²) in [5.74, 6) is -0.981. The monoisotopic (exact) mass is 813 g/mol. The van der Waals surface area contributed by atoms with Gasteiger partial charge in [0.2, 0.25) is 0 Å². The van der Waals surface area contributed by atoms with Crippen LogP contribution >= 0.6 is 17.0 Å². The Labute approximate surface area is 319 Å². The van der Waals surface area contributed by atoms with Crippen LogP contribution < -0.4 is 0 Å². The molecule has 6 aromatic rings. The molecule has 0 aromatic heterocycles. The Kier molecular flexibility index (Phi) is 9.48. The summed E-state index contributed by atoms with van der Waals surface area (Å²) in [6.45, 7) is 14.4. The third-order valence-corrected chi connectivity index (χ3v) is 64.6. The Morgan fingerprint density at radius 2 is 0.885 bits per heavy atom. The number of benzene rings is 6. The first-order valence-corrected chi connectivity index (χ1v) is 35.6. The summed E-state index contributed by atoms with van der Waals surface area (Å²) in [6, 6.07) is 44.9. The summed E-state index contributed by atoms with van der Waals surface area (Å²) in [5.41, 5.74) is 13.4. The van der Waals surface area contributed by atoms with E-state index < -0.39 is 21.5 Å². The molecule has 0 nitrogen and oxygen atoms in total. The van der Waals surface area contributed by atoms with Crippen molar-refractivity contribution in [1.29, 1.82) is 0 Å². The fraction of sp³-hybridized carbons (Fsp3) is 0.250. The van der Waals surface area contributed by atoms with Crippen molar-refractivity contribution in [2.45, 2.75) is 60.9 Å². The van der Waals surface area contributed by atoms with Crippen molar-refractivity contribution in [3.05, 3.63) is 155 Å². The number of fused-ring (bicyclic) bond motifs is 4. The van der Waals surface area contributed by atoms with Crippen molar-refractivity contribution in [3.8, 4) is 22.3 Å². The van der Waals surface area contributed by atoms with E-state index in [0.717, 1.165) is 12.8 Å². The minimum absolute atomic E-state index is 0.0564. The van der Waals surface area contributed by atoms with Crippen LogP contribution in [0.25, 0.3) is 56.0 Å². The fourth-order valence-corrected chi connectivity index (χ4v) is 40.9. The van der Waals surface area contributed by atoms with E-state index in [9.17, 15) is 0 Å². The molecular formula is C48H49Cl2SiZr. The van der Waals surface area contributed by atoms with Gasteiger partial charge in [0.1, 0.15) is 0 Å². The molecule has 0 saturated carbocycles. The first kappa shape index (κ1) is 36.0. The third kappa shape index (κ3) is 5.46. The molecule has 2 aliphatic carbocycles. The summed E-state index contributed by atoms with van der Waals surface area (Å²) in [6.07, 6.45) is 7.18. The molecule has 0 heterocycles. The molecule has 0 saturated heterocycles. The molecule has 0 fully saturated rings. The van der Waals surface area contributed by atoms with Crippen molar-refractivity contribution in [2.75, 3.05) is 0 Å². The Morgan fingerprint density at radius 1 is 0.519 bits per heavy atom. The van der Waals surface area contributed by atoms with Crippen LogP contribution in [-0.2, 0) is 15.6 Å². The number of halogens is 2. The molecule has 52 heavy (non-hydrogen) atoms. The Bertz CT molecular complexity index is 2250. The molecule has 2 aliphatic rings. The predicted molar refractivity (Wildman–Crippen MR) is 230 cm³/mol. The van der Waals surface area contributed by atoms with Crippen LogP contribution in [-0.4, -0.2) is 5.92 Å².